The summed E-state index contributed by atoms with van der Waals surface area (Å²) in [6.45, 7) is 5.12. The van der Waals surface area contributed by atoms with Crippen LogP contribution in [0, 0.1) is 5.82 Å². The Balaban J connectivity index is 2.84. The zero-order valence-corrected chi connectivity index (χ0v) is 11.2. The number of benzene rings is 1. The molecule has 4 heteroatoms. The number of hydrogen-bond acceptors (Lipinski definition) is 3. The van der Waals surface area contributed by atoms with Crippen molar-refractivity contribution in [2.45, 2.75) is 31.2 Å². The van der Waals surface area contributed by atoms with Gasteiger partial charge in [0.15, 0.2) is 0 Å². The van der Waals surface area contributed by atoms with E-state index in [0.29, 0.717) is 10.6 Å². The molecule has 0 bridgehead atoms. The molecule has 0 aliphatic heterocycles. The quantitative estimate of drug-likeness (QED) is 0.737. The van der Waals surface area contributed by atoms with Gasteiger partial charge in [-0.25, -0.2) is 4.39 Å². The molecule has 0 aliphatic carbocycles. The predicted molar refractivity (Wildman–Crippen MR) is 70.9 cm³/mol. The fourth-order valence-corrected chi connectivity index (χ4v) is 2.55. The van der Waals surface area contributed by atoms with Crippen molar-refractivity contribution in [2.75, 3.05) is 18.9 Å². The van der Waals surface area contributed by atoms with E-state index >= 15 is 0 Å². The maximum atomic E-state index is 13.7. The molecule has 1 unspecified atom stereocenters. The third kappa shape index (κ3) is 4.30. The van der Waals surface area contributed by atoms with Crippen molar-refractivity contribution in [3.63, 3.8) is 0 Å². The zero-order chi connectivity index (χ0) is 12.7. The summed E-state index contributed by atoms with van der Waals surface area (Å²) in [7, 11) is 0. The van der Waals surface area contributed by atoms with Gasteiger partial charge in [0.1, 0.15) is 5.82 Å². The van der Waals surface area contributed by atoms with Gasteiger partial charge < -0.3 is 10.4 Å². The fourth-order valence-electron chi connectivity index (χ4n) is 1.64. The van der Waals surface area contributed by atoms with Crippen molar-refractivity contribution in [3.8, 4) is 0 Å². The minimum atomic E-state index is -0.203. The Bertz CT molecular complexity index is 346. The van der Waals surface area contributed by atoms with Gasteiger partial charge in [0, 0.05) is 16.7 Å². The van der Waals surface area contributed by atoms with Crippen molar-refractivity contribution in [1.82, 2.24) is 5.32 Å². The Morgan fingerprint density at radius 1 is 1.47 bits per heavy atom. The molecule has 0 amide bonds. The molecular formula is C13H20FNOS. The number of halogens is 1. The Hall–Kier alpha value is -0.580. The van der Waals surface area contributed by atoms with Crippen molar-refractivity contribution < 1.29 is 9.50 Å². The molecular weight excluding hydrogens is 237 g/mol. The first kappa shape index (κ1) is 14.5. The Kier molecular flexibility index (Phi) is 6.55. The minimum Gasteiger partial charge on any atom is -0.396 e. The molecule has 0 saturated heterocycles. The molecule has 96 valence electrons. The Morgan fingerprint density at radius 2 is 2.24 bits per heavy atom. The molecule has 0 aromatic heterocycles. The Labute approximate surface area is 107 Å². The molecule has 1 rings (SSSR count). The number of thioether (sulfide) groups is 1. The maximum absolute atomic E-state index is 13.7. The summed E-state index contributed by atoms with van der Waals surface area (Å²) >= 11 is 1.37. The monoisotopic (exact) mass is 257 g/mol. The van der Waals surface area contributed by atoms with E-state index in [0.717, 1.165) is 18.5 Å². The largest absolute Gasteiger partial charge is 0.396 e. The smallest absolute Gasteiger partial charge is 0.137 e. The van der Waals surface area contributed by atoms with Crippen molar-refractivity contribution in [1.29, 1.82) is 0 Å². The van der Waals surface area contributed by atoms with E-state index in [1.165, 1.54) is 17.8 Å². The molecule has 1 aromatic carbocycles. The van der Waals surface area contributed by atoms with E-state index < -0.39 is 0 Å². The highest BCUT2D eigenvalue weighted by atomic mass is 32.2. The van der Waals surface area contributed by atoms with Crippen LogP contribution in [0.15, 0.2) is 23.1 Å². The lowest BCUT2D eigenvalue weighted by Gasteiger charge is -2.17. The van der Waals surface area contributed by atoms with Crippen LogP contribution < -0.4 is 5.32 Å². The lowest BCUT2D eigenvalue weighted by Crippen LogP contribution is -2.20. The van der Waals surface area contributed by atoms with Gasteiger partial charge in [-0.05, 0) is 31.5 Å². The van der Waals surface area contributed by atoms with Crippen LogP contribution in [0.1, 0.15) is 31.9 Å². The van der Waals surface area contributed by atoms with E-state index in [9.17, 15) is 4.39 Å². The minimum absolute atomic E-state index is 0.0647. The lowest BCUT2D eigenvalue weighted by atomic mass is 10.1. The topological polar surface area (TPSA) is 32.3 Å². The molecule has 17 heavy (non-hydrogen) atoms. The van der Waals surface area contributed by atoms with Crippen molar-refractivity contribution >= 4 is 11.8 Å². The van der Waals surface area contributed by atoms with E-state index in [4.69, 9.17) is 5.11 Å². The summed E-state index contributed by atoms with van der Waals surface area (Å²) in [6.07, 6.45) is 1.05. The molecule has 0 fully saturated rings. The van der Waals surface area contributed by atoms with Gasteiger partial charge in [-0.1, -0.05) is 19.1 Å². The summed E-state index contributed by atoms with van der Waals surface area (Å²) in [5, 5.41) is 12.2. The number of rotatable bonds is 7. The van der Waals surface area contributed by atoms with Crippen LogP contribution in [-0.2, 0) is 0 Å². The lowest BCUT2D eigenvalue weighted by molar-refractivity contribution is 0.322. The third-order valence-corrected chi connectivity index (χ3v) is 3.61. The molecule has 1 aromatic rings. The van der Waals surface area contributed by atoms with Gasteiger partial charge in [0.25, 0.3) is 0 Å². The van der Waals surface area contributed by atoms with Gasteiger partial charge in [-0.2, -0.15) is 0 Å². The predicted octanol–water partition coefficient (Wildman–Crippen LogP) is 2.97. The number of aliphatic hydroxyl groups excluding tert-OH is 1. The third-order valence-electron chi connectivity index (χ3n) is 2.50. The van der Waals surface area contributed by atoms with E-state index in [2.05, 4.69) is 12.2 Å². The van der Waals surface area contributed by atoms with Crippen LogP contribution in [0.5, 0.6) is 0 Å². The summed E-state index contributed by atoms with van der Waals surface area (Å²) in [6, 6.07) is 5.27. The van der Waals surface area contributed by atoms with Crippen LogP contribution in [0.3, 0.4) is 0 Å². The van der Waals surface area contributed by atoms with Crippen LogP contribution >= 0.6 is 11.8 Å². The number of hydrogen-bond donors (Lipinski definition) is 2. The first-order valence-corrected chi connectivity index (χ1v) is 6.94. The van der Waals surface area contributed by atoms with Gasteiger partial charge in [-0.3, -0.25) is 0 Å². The van der Waals surface area contributed by atoms with Crippen molar-refractivity contribution in [3.05, 3.63) is 29.6 Å². The SMILES string of the molecule is CCCNC(C)c1cccc(F)c1SCCO. The van der Waals surface area contributed by atoms with Crippen molar-refractivity contribution in [2.24, 2.45) is 0 Å². The highest BCUT2D eigenvalue weighted by Crippen LogP contribution is 2.29. The second-order valence-corrected chi connectivity index (χ2v) is 5.01. The first-order chi connectivity index (χ1) is 8.20. The van der Waals surface area contributed by atoms with Crippen LogP contribution in [-0.4, -0.2) is 24.0 Å². The summed E-state index contributed by atoms with van der Waals surface area (Å²) in [5.41, 5.74) is 0.969. The van der Waals surface area contributed by atoms with Gasteiger partial charge in [0.2, 0.25) is 0 Å². The van der Waals surface area contributed by atoms with Gasteiger partial charge in [-0.15, -0.1) is 11.8 Å². The van der Waals surface area contributed by atoms with E-state index in [-0.39, 0.29) is 18.5 Å². The van der Waals surface area contributed by atoms with Crippen LogP contribution in [0.2, 0.25) is 0 Å². The molecule has 0 heterocycles. The van der Waals surface area contributed by atoms with E-state index in [1.54, 1.807) is 6.07 Å². The number of nitrogens with one attached hydrogen (secondary N) is 1. The molecule has 0 radical (unpaired) electrons. The fraction of sp³-hybridized carbons (Fsp3) is 0.538. The van der Waals surface area contributed by atoms with Crippen LogP contribution in [0.25, 0.3) is 0 Å². The molecule has 0 saturated carbocycles. The number of aliphatic hydroxyl groups is 1. The second kappa shape index (κ2) is 7.69. The van der Waals surface area contributed by atoms with Gasteiger partial charge in [0.05, 0.1) is 6.61 Å². The standard InChI is InChI=1S/C13H20FNOS/c1-3-7-15-10(2)11-5-4-6-12(14)13(11)17-9-8-16/h4-6,10,15-16H,3,7-9H2,1-2H3. The normalized spacial score (nSPS) is 12.7. The Morgan fingerprint density at radius 3 is 2.88 bits per heavy atom. The first-order valence-electron chi connectivity index (χ1n) is 5.96. The van der Waals surface area contributed by atoms with Crippen LogP contribution in [0.4, 0.5) is 4.39 Å². The summed E-state index contributed by atoms with van der Waals surface area (Å²) in [4.78, 5) is 0.651. The van der Waals surface area contributed by atoms with Gasteiger partial charge >= 0.3 is 0 Å². The summed E-state index contributed by atoms with van der Waals surface area (Å²) in [5.74, 6) is 0.320. The van der Waals surface area contributed by atoms with E-state index in [1.807, 2.05) is 13.0 Å². The molecule has 0 aliphatic rings. The molecule has 1 atom stereocenters. The molecule has 2 N–H and O–H groups in total. The zero-order valence-electron chi connectivity index (χ0n) is 10.4. The highest BCUT2D eigenvalue weighted by molar-refractivity contribution is 7.99. The summed E-state index contributed by atoms with van der Waals surface area (Å²) < 4.78 is 13.7. The molecule has 0 spiro atoms. The second-order valence-electron chi connectivity index (χ2n) is 3.91. The average molecular weight is 257 g/mol. The average Bonchev–Trinajstić information content (AvgIpc) is 2.34. The highest BCUT2D eigenvalue weighted by Gasteiger charge is 2.13. The molecule has 2 nitrogen and oxygen atoms in total. The maximum Gasteiger partial charge on any atom is 0.137 e.